The fraction of sp³-hybridized carbons (Fsp3) is 0.176. The molecule has 5 nitrogen and oxygen atoms in total. The minimum absolute atomic E-state index is 0.116. The molecule has 0 radical (unpaired) electrons. The van der Waals surface area contributed by atoms with E-state index in [1.54, 1.807) is 24.3 Å². The van der Waals surface area contributed by atoms with E-state index in [1.165, 1.54) is 0 Å². The van der Waals surface area contributed by atoms with Gasteiger partial charge in [-0.25, -0.2) is 0 Å². The molecule has 0 saturated carbocycles. The summed E-state index contributed by atoms with van der Waals surface area (Å²) in [5.41, 5.74) is 12.8. The Bertz CT molecular complexity index is 692. The van der Waals surface area contributed by atoms with Crippen molar-refractivity contribution >= 4 is 52.5 Å². The van der Waals surface area contributed by atoms with Crippen LogP contribution in [0.5, 0.6) is 0 Å². The van der Waals surface area contributed by atoms with E-state index in [4.69, 9.17) is 40.1 Å². The molecule has 0 bridgehead atoms. The minimum Gasteiger partial charge on any atom is -0.370 e. The zero-order chi connectivity index (χ0) is 18.4. The van der Waals surface area contributed by atoms with Gasteiger partial charge in [0.15, 0.2) is 5.96 Å². The van der Waals surface area contributed by atoms with E-state index in [0.717, 1.165) is 10.9 Å². The van der Waals surface area contributed by atoms with E-state index < -0.39 is 12.8 Å². The monoisotopic (exact) mass is 376 g/mol. The van der Waals surface area contributed by atoms with Gasteiger partial charge in [-0.15, -0.1) is 0 Å². The molecule has 6 N–H and O–H groups in total. The summed E-state index contributed by atoms with van der Waals surface area (Å²) < 4.78 is 0. The molecule has 0 aliphatic carbocycles. The van der Waals surface area contributed by atoms with E-state index in [9.17, 15) is 4.79 Å². The molecule has 0 aromatic heterocycles. The van der Waals surface area contributed by atoms with Crippen LogP contribution in [0.2, 0.25) is 10.0 Å². The van der Waals surface area contributed by atoms with Gasteiger partial charge in [0, 0.05) is 16.6 Å². The summed E-state index contributed by atoms with van der Waals surface area (Å²) in [6.45, 7) is -0.155. The van der Waals surface area contributed by atoms with Gasteiger partial charge in [0.25, 0.3) is 6.71 Å². The van der Waals surface area contributed by atoms with Gasteiger partial charge in [-0.1, -0.05) is 58.4 Å². The number of nitrogens with two attached hydrogens (primary N) is 2. The predicted molar refractivity (Wildman–Crippen MR) is 105 cm³/mol. The van der Waals surface area contributed by atoms with Crippen LogP contribution in [0.15, 0.2) is 48.5 Å². The van der Waals surface area contributed by atoms with E-state index in [0.29, 0.717) is 23.0 Å². The molecule has 0 aliphatic rings. The second-order valence-corrected chi connectivity index (χ2v) is 6.55. The number of nitrogens with one attached hydrogen (secondary N) is 2. The van der Waals surface area contributed by atoms with Gasteiger partial charge in [0.2, 0.25) is 0 Å². The average molecular weight is 377 g/mol. The van der Waals surface area contributed by atoms with Crippen LogP contribution in [0, 0.1) is 5.41 Å². The third kappa shape index (κ3) is 5.49. The molecule has 25 heavy (non-hydrogen) atoms. The lowest BCUT2D eigenvalue weighted by Crippen LogP contribution is -2.56. The minimum atomic E-state index is -0.691. The van der Waals surface area contributed by atoms with Crippen LogP contribution in [0.3, 0.4) is 0 Å². The highest BCUT2D eigenvalue weighted by Crippen LogP contribution is 2.08. The first kappa shape index (κ1) is 19.3. The van der Waals surface area contributed by atoms with Crippen LogP contribution >= 0.6 is 23.2 Å². The van der Waals surface area contributed by atoms with E-state index in [1.807, 2.05) is 24.3 Å². The highest BCUT2D eigenvalue weighted by atomic mass is 35.5. The van der Waals surface area contributed by atoms with Gasteiger partial charge in [0.05, 0.1) is 6.04 Å². The molecule has 130 valence electrons. The zero-order valence-corrected chi connectivity index (χ0v) is 15.0. The molecule has 2 aromatic rings. The van der Waals surface area contributed by atoms with Gasteiger partial charge in [-0.2, -0.15) is 0 Å². The molecule has 0 saturated heterocycles. The number of hydrogen-bond donors (Lipinski definition) is 4. The molecule has 8 heteroatoms. The molecule has 2 rings (SSSR count). The van der Waals surface area contributed by atoms with E-state index >= 15 is 0 Å². The van der Waals surface area contributed by atoms with Crippen molar-refractivity contribution in [1.82, 2.24) is 5.32 Å². The molecule has 0 spiro atoms. The van der Waals surface area contributed by atoms with Crippen molar-refractivity contribution < 1.29 is 4.79 Å². The normalized spacial score (nSPS) is 11.6. The Kier molecular flexibility index (Phi) is 6.87. The average Bonchev–Trinajstić information content (AvgIpc) is 2.58. The Hall–Kier alpha value is -2.02. The summed E-state index contributed by atoms with van der Waals surface area (Å²) in [7, 11) is 0. The lowest BCUT2D eigenvalue weighted by atomic mass is 9.37. The number of guanidine groups is 1. The number of hydrogen-bond acceptors (Lipinski definition) is 3. The Morgan fingerprint density at radius 1 is 1.04 bits per heavy atom. The number of halogens is 2. The van der Waals surface area contributed by atoms with Crippen LogP contribution < -0.4 is 27.7 Å². The standard InChI is InChI=1S/C17H19BCl2N4O/c19-13-5-1-11(2-6-13)18(12-3-7-14(20)8-4-12)16(25)15(21)9-10-24-17(22)23/h1-8,15H,9-10,21H2,(H4,22,23,24). The highest BCUT2D eigenvalue weighted by Gasteiger charge is 2.31. The van der Waals surface area contributed by atoms with Crippen molar-refractivity contribution in [2.24, 2.45) is 11.5 Å². The number of rotatable bonds is 7. The maximum atomic E-state index is 13.0. The molecule has 0 amide bonds. The first-order chi connectivity index (χ1) is 11.9. The molecule has 0 heterocycles. The number of benzene rings is 2. The van der Waals surface area contributed by atoms with Crippen molar-refractivity contribution in [3.8, 4) is 0 Å². The molecule has 0 fully saturated rings. The van der Waals surface area contributed by atoms with Crippen molar-refractivity contribution in [2.75, 3.05) is 6.54 Å². The van der Waals surface area contributed by atoms with Gasteiger partial charge >= 0.3 is 0 Å². The lowest BCUT2D eigenvalue weighted by molar-refractivity contribution is -0.113. The maximum Gasteiger partial charge on any atom is 0.290 e. The summed E-state index contributed by atoms with van der Waals surface area (Å²) in [6, 6.07) is 13.6. The number of carbonyl (C=O) groups is 1. The topological polar surface area (TPSA) is 105 Å². The SMILES string of the molecule is N=C(N)NCCC(N)C(=O)B(c1ccc(Cl)cc1)c1ccc(Cl)cc1. The second kappa shape index (κ2) is 8.90. The van der Waals surface area contributed by atoms with Crippen LogP contribution in [0.25, 0.3) is 0 Å². The van der Waals surface area contributed by atoms with Crippen LogP contribution in [0.1, 0.15) is 6.42 Å². The van der Waals surface area contributed by atoms with Crippen molar-refractivity contribution in [3.05, 3.63) is 58.6 Å². The highest BCUT2D eigenvalue weighted by molar-refractivity contribution is 7.08. The number of carbonyl (C=O) groups excluding carboxylic acids is 1. The van der Waals surface area contributed by atoms with Crippen molar-refractivity contribution in [1.29, 1.82) is 5.41 Å². The second-order valence-electron chi connectivity index (χ2n) is 5.67. The van der Waals surface area contributed by atoms with Crippen LogP contribution in [-0.4, -0.2) is 30.9 Å². The maximum absolute atomic E-state index is 13.0. The summed E-state index contributed by atoms with van der Waals surface area (Å²) >= 11 is 11.9. The summed E-state index contributed by atoms with van der Waals surface area (Å²) in [4.78, 5) is 13.0. The smallest absolute Gasteiger partial charge is 0.290 e. The van der Waals surface area contributed by atoms with Gasteiger partial charge < -0.3 is 21.6 Å². The van der Waals surface area contributed by atoms with Gasteiger partial charge in [-0.3, -0.25) is 5.41 Å². The summed E-state index contributed by atoms with van der Waals surface area (Å²) in [5, 5.41) is 11.0. The van der Waals surface area contributed by atoms with Crippen molar-refractivity contribution in [2.45, 2.75) is 12.5 Å². The Morgan fingerprint density at radius 3 is 1.88 bits per heavy atom. The van der Waals surface area contributed by atoms with Crippen LogP contribution in [-0.2, 0) is 4.79 Å². The molecule has 1 atom stereocenters. The zero-order valence-electron chi connectivity index (χ0n) is 13.5. The first-order valence-electron chi connectivity index (χ1n) is 7.76. The van der Waals surface area contributed by atoms with E-state index in [2.05, 4.69) is 5.32 Å². The fourth-order valence-corrected chi connectivity index (χ4v) is 2.80. The summed E-state index contributed by atoms with van der Waals surface area (Å²) in [6.07, 6.45) is 0.371. The molecular weight excluding hydrogens is 358 g/mol. The third-order valence-electron chi connectivity index (χ3n) is 3.83. The predicted octanol–water partition coefficient (Wildman–Crippen LogP) is 0.911. The Morgan fingerprint density at radius 2 is 1.48 bits per heavy atom. The Labute approximate surface area is 157 Å². The third-order valence-corrected chi connectivity index (χ3v) is 4.33. The molecular formula is C17H19BCl2N4O. The first-order valence-corrected chi connectivity index (χ1v) is 8.52. The van der Waals surface area contributed by atoms with Crippen LogP contribution in [0.4, 0.5) is 0 Å². The van der Waals surface area contributed by atoms with Gasteiger partial charge in [0.1, 0.15) is 5.68 Å². The molecule has 1 unspecified atom stereocenters. The Balaban J connectivity index is 2.27. The van der Waals surface area contributed by atoms with E-state index in [-0.39, 0.29) is 11.6 Å². The quantitative estimate of drug-likeness (QED) is 0.327. The molecule has 2 aromatic carbocycles. The van der Waals surface area contributed by atoms with Gasteiger partial charge in [-0.05, 0) is 30.7 Å². The lowest BCUT2D eigenvalue weighted by Gasteiger charge is -2.19. The molecule has 0 aliphatic heterocycles. The van der Waals surface area contributed by atoms with Crippen molar-refractivity contribution in [3.63, 3.8) is 0 Å². The summed E-state index contributed by atoms with van der Waals surface area (Å²) in [5.74, 6) is -0.147. The largest absolute Gasteiger partial charge is 0.370 e. The fourth-order valence-electron chi connectivity index (χ4n) is 2.55.